The molecular formula is C10H7NO3. The lowest BCUT2D eigenvalue weighted by Crippen LogP contribution is -2.04. The Balaban J connectivity index is 2.97. The Morgan fingerprint density at radius 1 is 1.36 bits per heavy atom. The third-order valence-electron chi connectivity index (χ3n) is 1.99. The molecule has 1 aromatic carbocycles. The highest BCUT2D eigenvalue weighted by atomic mass is 16.3. The second kappa shape index (κ2) is 2.99. The van der Waals surface area contributed by atoms with Crippen molar-refractivity contribution >= 4 is 17.2 Å². The molecule has 0 bridgehead atoms. The lowest BCUT2D eigenvalue weighted by molar-refractivity contribution is 0.111. The fraction of sp³-hybridized carbons (Fsp3) is 0. The third-order valence-corrected chi connectivity index (χ3v) is 1.99. The van der Waals surface area contributed by atoms with Crippen LogP contribution in [0.25, 0.3) is 10.9 Å². The molecule has 0 radical (unpaired) electrons. The molecule has 2 aromatic rings. The molecule has 0 fully saturated rings. The summed E-state index contributed by atoms with van der Waals surface area (Å²) < 4.78 is 0. The highest BCUT2D eigenvalue weighted by molar-refractivity contribution is 5.87. The standard InChI is InChI=1S/C10H7NO3/c12-5-6-4-9(14)7-2-1-3-8(13)10(7)11-6/h1-5,13H,(H,11,14). The number of para-hydroxylation sites is 1. The van der Waals surface area contributed by atoms with Crippen LogP contribution in [0.15, 0.2) is 29.1 Å². The Morgan fingerprint density at radius 2 is 2.14 bits per heavy atom. The van der Waals surface area contributed by atoms with Crippen molar-refractivity contribution in [3.63, 3.8) is 0 Å². The molecule has 14 heavy (non-hydrogen) atoms. The summed E-state index contributed by atoms with van der Waals surface area (Å²) in [4.78, 5) is 24.6. The van der Waals surface area contributed by atoms with Gasteiger partial charge in [0, 0.05) is 11.5 Å². The molecule has 0 aliphatic carbocycles. The van der Waals surface area contributed by atoms with Crippen molar-refractivity contribution in [1.82, 2.24) is 4.98 Å². The minimum atomic E-state index is -0.281. The summed E-state index contributed by atoms with van der Waals surface area (Å²) in [6.45, 7) is 0. The smallest absolute Gasteiger partial charge is 0.190 e. The van der Waals surface area contributed by atoms with E-state index in [1.54, 1.807) is 12.1 Å². The number of phenols is 1. The molecule has 2 rings (SSSR count). The van der Waals surface area contributed by atoms with E-state index >= 15 is 0 Å². The van der Waals surface area contributed by atoms with Crippen molar-refractivity contribution < 1.29 is 9.90 Å². The lowest BCUT2D eigenvalue weighted by atomic mass is 10.2. The van der Waals surface area contributed by atoms with Crippen molar-refractivity contribution in [1.29, 1.82) is 0 Å². The van der Waals surface area contributed by atoms with Crippen LogP contribution in [0, 0.1) is 0 Å². The van der Waals surface area contributed by atoms with E-state index in [2.05, 4.69) is 4.98 Å². The number of rotatable bonds is 1. The van der Waals surface area contributed by atoms with Gasteiger partial charge >= 0.3 is 0 Å². The first-order valence-corrected chi connectivity index (χ1v) is 4.02. The number of phenolic OH excluding ortho intramolecular Hbond substituents is 1. The van der Waals surface area contributed by atoms with E-state index in [4.69, 9.17) is 0 Å². The van der Waals surface area contributed by atoms with Crippen molar-refractivity contribution in [2.24, 2.45) is 0 Å². The van der Waals surface area contributed by atoms with E-state index in [1.807, 2.05) is 0 Å². The molecule has 0 unspecified atom stereocenters. The molecule has 0 spiro atoms. The number of aromatic amines is 1. The van der Waals surface area contributed by atoms with E-state index in [1.165, 1.54) is 12.1 Å². The number of fused-ring (bicyclic) bond motifs is 1. The number of nitrogens with one attached hydrogen (secondary N) is 1. The van der Waals surface area contributed by atoms with Crippen LogP contribution < -0.4 is 5.43 Å². The molecule has 2 N–H and O–H groups in total. The quantitative estimate of drug-likeness (QED) is 0.658. The summed E-state index contributed by atoms with van der Waals surface area (Å²) in [6, 6.07) is 5.82. The fourth-order valence-electron chi connectivity index (χ4n) is 1.34. The second-order valence-corrected chi connectivity index (χ2v) is 2.91. The monoisotopic (exact) mass is 189 g/mol. The molecule has 0 aliphatic heterocycles. The van der Waals surface area contributed by atoms with Crippen molar-refractivity contribution in [3.05, 3.63) is 40.2 Å². The number of aromatic nitrogens is 1. The third kappa shape index (κ3) is 1.17. The first-order chi connectivity index (χ1) is 6.72. The minimum absolute atomic E-state index is 0.0386. The maximum atomic E-state index is 11.4. The first-order valence-electron chi connectivity index (χ1n) is 4.02. The van der Waals surface area contributed by atoms with Gasteiger partial charge in [0.1, 0.15) is 5.75 Å². The molecule has 0 amide bonds. The molecule has 0 saturated carbocycles. The SMILES string of the molecule is O=Cc1cc(=O)c2cccc(O)c2[nH]1. The van der Waals surface area contributed by atoms with Gasteiger partial charge < -0.3 is 10.1 Å². The van der Waals surface area contributed by atoms with E-state index in [-0.39, 0.29) is 16.9 Å². The van der Waals surface area contributed by atoms with Crippen LogP contribution in [0.3, 0.4) is 0 Å². The van der Waals surface area contributed by atoms with Gasteiger partial charge in [-0.15, -0.1) is 0 Å². The lowest BCUT2D eigenvalue weighted by Gasteiger charge is -2.00. The normalized spacial score (nSPS) is 10.3. The zero-order valence-electron chi connectivity index (χ0n) is 7.15. The zero-order valence-corrected chi connectivity index (χ0v) is 7.15. The van der Waals surface area contributed by atoms with Gasteiger partial charge in [0.15, 0.2) is 11.7 Å². The number of H-pyrrole nitrogens is 1. The second-order valence-electron chi connectivity index (χ2n) is 2.91. The van der Waals surface area contributed by atoms with Gasteiger partial charge in [-0.05, 0) is 12.1 Å². The highest BCUT2D eigenvalue weighted by Crippen LogP contribution is 2.19. The molecule has 4 nitrogen and oxygen atoms in total. The van der Waals surface area contributed by atoms with E-state index in [0.717, 1.165) is 0 Å². The van der Waals surface area contributed by atoms with Gasteiger partial charge in [0.05, 0.1) is 11.2 Å². The fourth-order valence-corrected chi connectivity index (χ4v) is 1.34. The summed E-state index contributed by atoms with van der Waals surface area (Å²) in [6.07, 6.45) is 0.535. The Labute approximate surface area is 78.8 Å². The summed E-state index contributed by atoms with van der Waals surface area (Å²) >= 11 is 0. The topological polar surface area (TPSA) is 70.2 Å². The summed E-state index contributed by atoms with van der Waals surface area (Å²) in [5, 5.41) is 9.80. The van der Waals surface area contributed by atoms with E-state index in [0.29, 0.717) is 17.2 Å². The van der Waals surface area contributed by atoms with Gasteiger partial charge in [-0.3, -0.25) is 9.59 Å². The zero-order chi connectivity index (χ0) is 10.1. The van der Waals surface area contributed by atoms with Crippen LogP contribution in [0.5, 0.6) is 5.75 Å². The number of carbonyl (C=O) groups excluding carboxylic acids is 1. The van der Waals surface area contributed by atoms with Gasteiger partial charge in [-0.1, -0.05) is 6.07 Å². The average Bonchev–Trinajstić information content (AvgIpc) is 2.19. The minimum Gasteiger partial charge on any atom is -0.506 e. The number of aromatic hydroxyl groups is 1. The van der Waals surface area contributed by atoms with Gasteiger partial charge in [-0.25, -0.2) is 0 Å². The molecule has 1 heterocycles. The van der Waals surface area contributed by atoms with Gasteiger partial charge in [0.25, 0.3) is 0 Å². The van der Waals surface area contributed by atoms with Crippen LogP contribution in [0.4, 0.5) is 0 Å². The Hall–Kier alpha value is -2.10. The van der Waals surface area contributed by atoms with Crippen molar-refractivity contribution in [2.75, 3.05) is 0 Å². The molecule has 0 aliphatic rings. The van der Waals surface area contributed by atoms with Crippen molar-refractivity contribution in [3.8, 4) is 5.75 Å². The number of carbonyl (C=O) groups is 1. The molecule has 70 valence electrons. The van der Waals surface area contributed by atoms with Gasteiger partial charge in [0.2, 0.25) is 0 Å². The van der Waals surface area contributed by atoms with Crippen LogP contribution >= 0.6 is 0 Å². The number of hydrogen-bond acceptors (Lipinski definition) is 3. The number of aldehydes is 1. The Kier molecular flexibility index (Phi) is 1.81. The first kappa shape index (κ1) is 8.50. The van der Waals surface area contributed by atoms with Crippen LogP contribution in [0.1, 0.15) is 10.5 Å². The summed E-state index contributed by atoms with van der Waals surface area (Å²) in [5.41, 5.74) is 0.169. The van der Waals surface area contributed by atoms with E-state index < -0.39 is 0 Å². The molecule has 0 saturated heterocycles. The number of pyridine rings is 1. The van der Waals surface area contributed by atoms with E-state index in [9.17, 15) is 14.7 Å². The largest absolute Gasteiger partial charge is 0.506 e. The molecular weight excluding hydrogens is 182 g/mol. The predicted octanol–water partition coefficient (Wildman–Crippen LogP) is 1.05. The van der Waals surface area contributed by atoms with Crippen LogP contribution in [-0.2, 0) is 0 Å². The Bertz CT molecular complexity index is 557. The van der Waals surface area contributed by atoms with Crippen LogP contribution in [0.2, 0.25) is 0 Å². The molecule has 4 heteroatoms. The maximum Gasteiger partial charge on any atom is 0.190 e. The highest BCUT2D eigenvalue weighted by Gasteiger charge is 2.04. The average molecular weight is 189 g/mol. The summed E-state index contributed by atoms with van der Waals surface area (Å²) in [5.74, 6) is -0.0386. The number of benzene rings is 1. The maximum absolute atomic E-state index is 11.4. The Morgan fingerprint density at radius 3 is 2.86 bits per heavy atom. The van der Waals surface area contributed by atoms with Crippen LogP contribution in [-0.4, -0.2) is 16.4 Å². The van der Waals surface area contributed by atoms with Gasteiger partial charge in [-0.2, -0.15) is 0 Å². The summed E-state index contributed by atoms with van der Waals surface area (Å²) in [7, 11) is 0. The molecule has 0 atom stereocenters. The van der Waals surface area contributed by atoms with Crippen molar-refractivity contribution in [2.45, 2.75) is 0 Å². The number of hydrogen-bond donors (Lipinski definition) is 2. The predicted molar refractivity (Wildman–Crippen MR) is 51.6 cm³/mol. The molecule has 1 aromatic heterocycles.